The summed E-state index contributed by atoms with van der Waals surface area (Å²) in [6.07, 6.45) is -6.29. The Hall–Kier alpha value is -2.46. The maximum absolute atomic E-state index is 13.3. The highest BCUT2D eigenvalue weighted by atomic mass is 32.1. The molecule has 140 valence electrons. The molecule has 26 heavy (non-hydrogen) atoms. The number of alkyl halides is 3. The molecular weight excluding hydrogens is 371 g/mol. The number of aryl methyl sites for hydroxylation is 1. The van der Waals surface area contributed by atoms with E-state index >= 15 is 0 Å². The fraction of sp³-hybridized carbons (Fsp3) is 0.312. The van der Waals surface area contributed by atoms with Gasteiger partial charge in [0, 0.05) is 23.2 Å². The molecule has 2 aromatic rings. The van der Waals surface area contributed by atoms with Crippen LogP contribution in [0, 0.1) is 6.92 Å². The van der Waals surface area contributed by atoms with Crippen LogP contribution in [-0.4, -0.2) is 28.1 Å². The third-order valence-corrected chi connectivity index (χ3v) is 4.67. The second kappa shape index (κ2) is 7.42. The van der Waals surface area contributed by atoms with E-state index in [0.717, 1.165) is 0 Å². The molecule has 0 aliphatic rings. The molecule has 0 aliphatic carbocycles. The Morgan fingerprint density at radius 1 is 1.35 bits per heavy atom. The Kier molecular flexibility index (Phi) is 5.67. The lowest BCUT2D eigenvalue weighted by molar-refractivity contribution is -0.267. The number of primary amides is 1. The number of aliphatic hydroxyl groups is 1. The molecule has 0 fully saturated rings. The highest BCUT2D eigenvalue weighted by molar-refractivity contribution is 7.09. The van der Waals surface area contributed by atoms with Crippen LogP contribution >= 0.6 is 11.3 Å². The van der Waals surface area contributed by atoms with E-state index in [-0.39, 0.29) is 12.1 Å². The summed E-state index contributed by atoms with van der Waals surface area (Å²) in [6, 6.07) is 6.00. The van der Waals surface area contributed by atoms with Crippen LogP contribution in [-0.2, 0) is 16.9 Å². The second-order valence-corrected chi connectivity index (χ2v) is 6.53. The van der Waals surface area contributed by atoms with Crippen LogP contribution in [0.3, 0.4) is 0 Å². The van der Waals surface area contributed by atoms with Crippen molar-refractivity contribution < 1.29 is 27.9 Å². The lowest BCUT2D eigenvalue weighted by Gasteiger charge is -2.27. The number of carbonyl (C=O) groups is 2. The van der Waals surface area contributed by atoms with E-state index in [9.17, 15) is 27.9 Å². The lowest BCUT2D eigenvalue weighted by Crippen LogP contribution is -2.46. The minimum atomic E-state index is -5.07. The summed E-state index contributed by atoms with van der Waals surface area (Å²) in [5.41, 5.74) is 2.78. The minimum absolute atomic E-state index is 0.120. The molecule has 0 aliphatic heterocycles. The molecule has 1 aromatic carbocycles. The van der Waals surface area contributed by atoms with Crippen LogP contribution in [0.25, 0.3) is 0 Å². The summed E-state index contributed by atoms with van der Waals surface area (Å²) >= 11 is 0.632. The average Bonchev–Trinajstić information content (AvgIpc) is 2.99. The van der Waals surface area contributed by atoms with Gasteiger partial charge in [-0.15, -0.1) is 11.3 Å². The number of hydrogen-bond acceptors (Lipinski definition) is 5. The largest absolute Gasteiger partial charge is 0.424 e. The summed E-state index contributed by atoms with van der Waals surface area (Å²) in [7, 11) is 0. The number of hydrogen-bond donors (Lipinski definition) is 3. The number of amides is 2. The predicted octanol–water partition coefficient (Wildman–Crippen LogP) is 2.01. The summed E-state index contributed by atoms with van der Waals surface area (Å²) < 4.78 is 40.0. The maximum Gasteiger partial charge on any atom is 0.424 e. The van der Waals surface area contributed by atoms with Crippen molar-refractivity contribution >= 4 is 23.2 Å². The van der Waals surface area contributed by atoms with E-state index in [1.54, 1.807) is 6.07 Å². The molecule has 1 heterocycles. The number of halogens is 3. The highest BCUT2D eigenvalue weighted by Gasteiger charge is 2.58. The molecule has 0 radical (unpaired) electrons. The number of thiazole rings is 1. The Morgan fingerprint density at radius 2 is 2.04 bits per heavy atom. The van der Waals surface area contributed by atoms with Crippen molar-refractivity contribution in [3.05, 3.63) is 51.5 Å². The van der Waals surface area contributed by atoms with E-state index in [1.807, 2.05) is 0 Å². The molecular formula is C16H16F3N3O3S. The zero-order valence-electron chi connectivity index (χ0n) is 13.6. The second-order valence-electron chi connectivity index (χ2n) is 5.67. The van der Waals surface area contributed by atoms with E-state index in [0.29, 0.717) is 22.6 Å². The fourth-order valence-electron chi connectivity index (χ4n) is 2.17. The monoisotopic (exact) mass is 387 g/mol. The van der Waals surface area contributed by atoms with Crippen molar-refractivity contribution in [2.75, 3.05) is 0 Å². The van der Waals surface area contributed by atoms with E-state index < -0.39 is 35.0 Å². The summed E-state index contributed by atoms with van der Waals surface area (Å²) in [6.45, 7) is 1.37. The van der Waals surface area contributed by atoms with Gasteiger partial charge in [0.1, 0.15) is 5.01 Å². The Labute approximate surface area is 150 Å². The third-order valence-electron chi connectivity index (χ3n) is 3.56. The van der Waals surface area contributed by atoms with Crippen molar-refractivity contribution in [2.45, 2.75) is 31.7 Å². The molecule has 0 bridgehead atoms. The normalized spacial score (nSPS) is 13.9. The molecule has 4 N–H and O–H groups in total. The molecule has 0 saturated carbocycles. The Balaban J connectivity index is 2.11. The number of nitrogens with zero attached hydrogens (tertiary/aromatic N) is 1. The van der Waals surface area contributed by atoms with Crippen molar-refractivity contribution in [3.63, 3.8) is 0 Å². The summed E-state index contributed by atoms with van der Waals surface area (Å²) in [4.78, 5) is 26.8. The molecule has 0 saturated heterocycles. The molecule has 1 unspecified atom stereocenters. The summed E-state index contributed by atoms with van der Waals surface area (Å²) in [5, 5.41) is 13.2. The van der Waals surface area contributed by atoms with Crippen molar-refractivity contribution in [1.82, 2.24) is 10.3 Å². The third kappa shape index (κ3) is 4.38. The van der Waals surface area contributed by atoms with Crippen LogP contribution in [0.4, 0.5) is 13.2 Å². The SMILES string of the molecule is Cc1csc(C(O)(CC(=O)NCc2cccc(C(N)=O)c2)C(F)(F)F)n1. The standard InChI is InChI=1S/C16H16F3N3O3S/c1-9-8-26-14(22-9)15(25,16(17,18)19)6-12(23)21-7-10-3-2-4-11(5-10)13(20)24/h2-5,8,25H,6-7H2,1H3,(H2,20,24)(H,21,23). The van der Waals surface area contributed by atoms with Crippen molar-refractivity contribution in [2.24, 2.45) is 5.73 Å². The quantitative estimate of drug-likeness (QED) is 0.705. The topological polar surface area (TPSA) is 105 Å². The van der Waals surface area contributed by atoms with Crippen LogP contribution in [0.2, 0.25) is 0 Å². The molecule has 2 rings (SSSR count). The highest BCUT2D eigenvalue weighted by Crippen LogP contribution is 2.42. The van der Waals surface area contributed by atoms with Gasteiger partial charge in [-0.2, -0.15) is 13.2 Å². The summed E-state index contributed by atoms with van der Waals surface area (Å²) in [5.74, 6) is -1.68. The number of rotatable bonds is 6. The van der Waals surface area contributed by atoms with Crippen LogP contribution in [0.5, 0.6) is 0 Å². The molecule has 2 amide bonds. The Bertz CT molecular complexity index is 822. The smallest absolute Gasteiger partial charge is 0.374 e. The number of nitrogens with two attached hydrogens (primary N) is 1. The lowest BCUT2D eigenvalue weighted by atomic mass is 9.99. The van der Waals surface area contributed by atoms with Gasteiger partial charge in [-0.05, 0) is 24.6 Å². The first-order chi connectivity index (χ1) is 12.0. The van der Waals surface area contributed by atoms with Gasteiger partial charge >= 0.3 is 6.18 Å². The Morgan fingerprint density at radius 3 is 2.58 bits per heavy atom. The van der Waals surface area contributed by atoms with Gasteiger partial charge in [0.15, 0.2) is 0 Å². The van der Waals surface area contributed by atoms with Crippen molar-refractivity contribution in [1.29, 1.82) is 0 Å². The van der Waals surface area contributed by atoms with Gasteiger partial charge in [-0.3, -0.25) is 9.59 Å². The average molecular weight is 387 g/mol. The zero-order chi connectivity index (χ0) is 19.5. The molecule has 0 spiro atoms. The first-order valence-electron chi connectivity index (χ1n) is 7.40. The number of carbonyl (C=O) groups excluding carboxylic acids is 2. The van der Waals surface area contributed by atoms with Gasteiger partial charge < -0.3 is 16.2 Å². The zero-order valence-corrected chi connectivity index (χ0v) is 14.4. The number of aromatic nitrogens is 1. The van der Waals surface area contributed by atoms with E-state index in [4.69, 9.17) is 5.73 Å². The fourth-order valence-corrected chi connectivity index (χ4v) is 3.09. The molecule has 1 aromatic heterocycles. The minimum Gasteiger partial charge on any atom is -0.374 e. The van der Waals surface area contributed by atoms with Gasteiger partial charge in [0.25, 0.3) is 0 Å². The van der Waals surface area contributed by atoms with Gasteiger partial charge in [0.2, 0.25) is 17.4 Å². The van der Waals surface area contributed by atoms with Crippen molar-refractivity contribution in [3.8, 4) is 0 Å². The van der Waals surface area contributed by atoms with Gasteiger partial charge in [-0.1, -0.05) is 12.1 Å². The van der Waals surface area contributed by atoms with E-state index in [2.05, 4.69) is 10.3 Å². The van der Waals surface area contributed by atoms with Crippen LogP contribution in [0.15, 0.2) is 29.6 Å². The first-order valence-corrected chi connectivity index (χ1v) is 8.28. The van der Waals surface area contributed by atoms with Crippen LogP contribution < -0.4 is 11.1 Å². The van der Waals surface area contributed by atoms with Gasteiger partial charge in [0.05, 0.1) is 6.42 Å². The number of benzene rings is 1. The maximum atomic E-state index is 13.3. The van der Waals surface area contributed by atoms with Crippen LogP contribution in [0.1, 0.15) is 33.0 Å². The molecule has 10 heteroatoms. The predicted molar refractivity (Wildman–Crippen MR) is 88.2 cm³/mol. The first kappa shape index (κ1) is 19.9. The van der Waals surface area contributed by atoms with Gasteiger partial charge in [-0.25, -0.2) is 4.98 Å². The molecule has 1 atom stereocenters. The molecule has 6 nitrogen and oxygen atoms in total. The van der Waals surface area contributed by atoms with E-state index in [1.165, 1.54) is 30.5 Å². The number of nitrogens with one attached hydrogen (secondary N) is 1.